The second-order valence-corrected chi connectivity index (χ2v) is 8.11. The van der Waals surface area contributed by atoms with Gasteiger partial charge in [0.15, 0.2) is 0 Å². The van der Waals surface area contributed by atoms with E-state index in [2.05, 4.69) is 39.2 Å². The summed E-state index contributed by atoms with van der Waals surface area (Å²) >= 11 is 6.51. The Balaban J connectivity index is 1.51. The third kappa shape index (κ3) is 3.73. The Morgan fingerprint density at radius 2 is 2.11 bits per heavy atom. The van der Waals surface area contributed by atoms with E-state index in [-0.39, 0.29) is 0 Å². The molecule has 1 spiro atoms. The zero-order chi connectivity index (χ0) is 18.9. The zero-order valence-corrected chi connectivity index (χ0v) is 16.1. The van der Waals surface area contributed by atoms with Crippen LogP contribution in [-0.2, 0) is 0 Å². The first-order chi connectivity index (χ1) is 13.1. The van der Waals surface area contributed by atoms with Gasteiger partial charge in [-0.2, -0.15) is 0 Å². The molecule has 4 rings (SSSR count). The van der Waals surface area contributed by atoms with Crippen molar-refractivity contribution in [3.8, 4) is 0 Å². The number of nitrogens with two attached hydrogens (primary N) is 1. The van der Waals surface area contributed by atoms with Gasteiger partial charge in [0, 0.05) is 54.6 Å². The molecule has 1 saturated heterocycles. The van der Waals surface area contributed by atoms with Crippen LogP contribution in [0.5, 0.6) is 0 Å². The maximum absolute atomic E-state index is 6.51. The Hall–Kier alpha value is -2.31. The number of allylic oxidation sites excluding steroid dienone is 4. The van der Waals surface area contributed by atoms with Gasteiger partial charge in [-0.25, -0.2) is 0 Å². The molecule has 2 fully saturated rings. The summed E-state index contributed by atoms with van der Waals surface area (Å²) in [7, 11) is 0. The first-order valence-electron chi connectivity index (χ1n) is 9.43. The minimum Gasteiger partial charge on any atom is -0.402 e. The van der Waals surface area contributed by atoms with Crippen molar-refractivity contribution in [1.29, 1.82) is 0 Å². The number of rotatable bonds is 4. The van der Waals surface area contributed by atoms with Crippen LogP contribution in [0.3, 0.4) is 0 Å². The highest BCUT2D eigenvalue weighted by molar-refractivity contribution is 6.29. The lowest BCUT2D eigenvalue weighted by Gasteiger charge is -2.54. The van der Waals surface area contributed by atoms with Gasteiger partial charge in [0.2, 0.25) is 0 Å². The van der Waals surface area contributed by atoms with Gasteiger partial charge in [0.25, 0.3) is 0 Å². The summed E-state index contributed by atoms with van der Waals surface area (Å²) in [5.41, 5.74) is 10.2. The highest BCUT2D eigenvalue weighted by Crippen LogP contribution is 2.44. The summed E-state index contributed by atoms with van der Waals surface area (Å²) in [4.78, 5) is 0. The van der Waals surface area contributed by atoms with Gasteiger partial charge in [0.1, 0.15) is 11.0 Å². The van der Waals surface area contributed by atoms with Gasteiger partial charge in [-0.3, -0.25) is 0 Å². The van der Waals surface area contributed by atoms with E-state index in [9.17, 15) is 0 Å². The molecule has 6 nitrogen and oxygen atoms in total. The zero-order valence-electron chi connectivity index (χ0n) is 15.4. The van der Waals surface area contributed by atoms with E-state index >= 15 is 0 Å². The van der Waals surface area contributed by atoms with Crippen molar-refractivity contribution >= 4 is 11.6 Å². The Morgan fingerprint density at radius 1 is 1.30 bits per heavy atom. The van der Waals surface area contributed by atoms with Gasteiger partial charge in [-0.05, 0) is 31.1 Å². The third-order valence-electron chi connectivity index (χ3n) is 5.66. The smallest absolute Gasteiger partial charge is 0.147 e. The van der Waals surface area contributed by atoms with E-state index in [1.807, 2.05) is 12.3 Å². The van der Waals surface area contributed by atoms with E-state index in [4.69, 9.17) is 17.3 Å². The fourth-order valence-electron chi connectivity index (χ4n) is 4.03. The van der Waals surface area contributed by atoms with Crippen LogP contribution in [-0.4, -0.2) is 19.1 Å². The Labute approximate surface area is 165 Å². The molecule has 7 N–H and O–H groups in total. The summed E-state index contributed by atoms with van der Waals surface area (Å²) in [6.07, 6.45) is 13.7. The second kappa shape index (κ2) is 7.37. The largest absolute Gasteiger partial charge is 0.402 e. The molecule has 1 saturated carbocycles. The third-order valence-corrected chi connectivity index (χ3v) is 5.96. The van der Waals surface area contributed by atoms with E-state index in [0.717, 1.165) is 67.1 Å². The van der Waals surface area contributed by atoms with Crippen LogP contribution in [0.1, 0.15) is 25.7 Å². The molecule has 0 bridgehead atoms. The maximum Gasteiger partial charge on any atom is 0.147 e. The molecular formula is C20H27ClN6. The molecule has 144 valence electrons. The van der Waals surface area contributed by atoms with Crippen molar-refractivity contribution in [3.05, 3.63) is 70.8 Å². The predicted molar refractivity (Wildman–Crippen MR) is 110 cm³/mol. The van der Waals surface area contributed by atoms with Crippen LogP contribution in [0.2, 0.25) is 0 Å². The number of nitrogens with one attached hydrogen (secondary N) is 5. The Bertz CT molecular complexity index is 776. The van der Waals surface area contributed by atoms with Crippen LogP contribution in [0.4, 0.5) is 0 Å². The lowest BCUT2D eigenvalue weighted by Crippen LogP contribution is -2.64. The molecule has 27 heavy (non-hydrogen) atoms. The summed E-state index contributed by atoms with van der Waals surface area (Å²) < 4.78 is 0. The minimum absolute atomic E-state index is 0.413. The molecule has 0 aromatic rings. The predicted octanol–water partition coefficient (Wildman–Crippen LogP) is 1.91. The molecule has 0 amide bonds. The molecule has 0 aromatic heterocycles. The van der Waals surface area contributed by atoms with Gasteiger partial charge in [0.05, 0.1) is 5.70 Å². The first kappa shape index (κ1) is 18.1. The number of halogens is 1. The second-order valence-electron chi connectivity index (χ2n) is 7.73. The molecule has 0 atom stereocenters. The molecular weight excluding hydrogens is 360 g/mol. The van der Waals surface area contributed by atoms with Gasteiger partial charge in [-0.1, -0.05) is 30.3 Å². The number of hydrogen-bond donors (Lipinski definition) is 6. The van der Waals surface area contributed by atoms with Crippen LogP contribution >= 0.6 is 11.6 Å². The van der Waals surface area contributed by atoms with Crippen molar-refractivity contribution in [2.45, 2.75) is 31.7 Å². The highest BCUT2D eigenvalue weighted by Gasteiger charge is 2.48. The molecule has 4 aliphatic rings. The summed E-state index contributed by atoms with van der Waals surface area (Å²) in [6.45, 7) is 6.51. The normalized spacial score (nSPS) is 24.4. The molecule has 0 aromatic carbocycles. The monoisotopic (exact) mass is 386 g/mol. The molecule has 0 unspecified atom stereocenters. The lowest BCUT2D eigenvalue weighted by molar-refractivity contribution is 0.0270. The Morgan fingerprint density at radius 3 is 2.81 bits per heavy atom. The van der Waals surface area contributed by atoms with Crippen molar-refractivity contribution in [2.24, 2.45) is 11.1 Å². The molecule has 0 radical (unpaired) electrons. The van der Waals surface area contributed by atoms with Crippen LogP contribution in [0.15, 0.2) is 70.8 Å². The fraction of sp³-hybridized carbons (Fsp3) is 0.400. The minimum atomic E-state index is 0.413. The summed E-state index contributed by atoms with van der Waals surface area (Å²) in [6, 6.07) is 0.413. The van der Waals surface area contributed by atoms with Crippen LogP contribution < -0.4 is 32.3 Å². The number of hydrogen-bond acceptors (Lipinski definition) is 6. The fourth-order valence-corrected chi connectivity index (χ4v) is 4.20. The SMILES string of the molecule is C=C(C1=CNC=CNC(Cl)=C(NC2CC3(CNC3)C2)N1)C1=C(N)CCC=C1. The maximum atomic E-state index is 6.51. The van der Waals surface area contributed by atoms with Gasteiger partial charge in [-0.15, -0.1) is 0 Å². The average Bonchev–Trinajstić information content (AvgIpc) is 2.67. The van der Waals surface area contributed by atoms with Crippen molar-refractivity contribution in [2.75, 3.05) is 13.1 Å². The van der Waals surface area contributed by atoms with E-state index in [1.54, 1.807) is 12.4 Å². The average molecular weight is 387 g/mol. The highest BCUT2D eigenvalue weighted by atomic mass is 35.5. The topological polar surface area (TPSA) is 86.2 Å². The van der Waals surface area contributed by atoms with E-state index in [0.29, 0.717) is 16.6 Å². The quantitative estimate of drug-likeness (QED) is 0.414. The molecule has 7 heteroatoms. The van der Waals surface area contributed by atoms with Crippen molar-refractivity contribution in [1.82, 2.24) is 26.6 Å². The van der Waals surface area contributed by atoms with E-state index in [1.165, 1.54) is 0 Å². The van der Waals surface area contributed by atoms with Gasteiger partial charge >= 0.3 is 0 Å². The molecule has 2 aliphatic heterocycles. The molecule has 2 aliphatic carbocycles. The summed E-state index contributed by atoms with van der Waals surface area (Å²) in [5, 5.41) is 17.1. The molecule has 2 heterocycles. The summed E-state index contributed by atoms with van der Waals surface area (Å²) in [5.74, 6) is 0.753. The first-order valence-corrected chi connectivity index (χ1v) is 9.81. The van der Waals surface area contributed by atoms with E-state index < -0.39 is 0 Å². The van der Waals surface area contributed by atoms with Crippen molar-refractivity contribution < 1.29 is 0 Å². The van der Waals surface area contributed by atoms with Gasteiger partial charge < -0.3 is 32.3 Å². The van der Waals surface area contributed by atoms with Crippen LogP contribution in [0, 0.1) is 5.41 Å². The lowest BCUT2D eigenvalue weighted by atomic mass is 9.62. The standard InChI is InChI=1S/C20H27ClN6/c1-13(15-4-2-3-5-16(15)22)17-10-23-6-7-25-18(21)19(27-17)26-14-8-20(9-14)11-24-12-20/h2,4,6-7,10,14,23-27H,1,3,5,8-9,11-12,22H2. The Kier molecular flexibility index (Phi) is 4.93. The van der Waals surface area contributed by atoms with Crippen molar-refractivity contribution in [3.63, 3.8) is 0 Å². The van der Waals surface area contributed by atoms with Crippen LogP contribution in [0.25, 0.3) is 0 Å².